The average molecular weight is 785 g/mol. The number of nitrogens with zero attached hydrogens (tertiary/aromatic N) is 4. The molecule has 0 aliphatic rings. The summed E-state index contributed by atoms with van der Waals surface area (Å²) < 4.78 is 0. The van der Waals surface area contributed by atoms with Gasteiger partial charge in [-0.15, -0.1) is 52.4 Å². The summed E-state index contributed by atoms with van der Waals surface area (Å²) in [5.74, 6) is 0. The molecule has 0 heterocycles. The molecule has 0 aromatic heterocycles. The standard InChI is InChI=1S/4C12H26N.Ti/c4*1-3-5-7-9-11-13-12-10-8-6-4-2;/h4*3-12H2,1-2H3;/q4*-1;+4. The Labute approximate surface area is 354 Å². The van der Waals surface area contributed by atoms with Gasteiger partial charge in [-0.05, 0) is 0 Å². The van der Waals surface area contributed by atoms with Crippen LogP contribution in [0.25, 0.3) is 21.3 Å². The first kappa shape index (κ1) is 62.7. The molecule has 0 spiro atoms. The van der Waals surface area contributed by atoms with Crippen molar-refractivity contribution < 1.29 is 21.7 Å². The first-order chi connectivity index (χ1) is 25.7. The molecular formula is C48H104N4Ti. The molecule has 0 atom stereocenters. The summed E-state index contributed by atoms with van der Waals surface area (Å²) in [6.45, 7) is 26.8. The van der Waals surface area contributed by atoms with Crippen molar-refractivity contribution in [3.05, 3.63) is 21.3 Å². The summed E-state index contributed by atoms with van der Waals surface area (Å²) in [4.78, 5) is 0. The molecule has 320 valence electrons. The zero-order valence-electron chi connectivity index (χ0n) is 38.6. The van der Waals surface area contributed by atoms with Crippen molar-refractivity contribution in [2.24, 2.45) is 0 Å². The number of hydrogen-bond acceptors (Lipinski definition) is 0. The van der Waals surface area contributed by atoms with Crippen LogP contribution in [0.15, 0.2) is 0 Å². The SMILES string of the molecule is CCCCCC[N-]CCCCCC.CCCCCC[N-]CCCCCC.CCCCCC[N-]CCCCCC.CCCCCC[N-]CCCCCC.[Ti+4]. The minimum Gasteiger partial charge on any atom is -0.662 e. The Morgan fingerprint density at radius 2 is 0.283 bits per heavy atom. The zero-order valence-corrected chi connectivity index (χ0v) is 40.1. The van der Waals surface area contributed by atoms with Crippen molar-refractivity contribution >= 4 is 0 Å². The van der Waals surface area contributed by atoms with Crippen molar-refractivity contribution in [2.75, 3.05) is 52.4 Å². The van der Waals surface area contributed by atoms with Gasteiger partial charge in [-0.1, -0.05) is 261 Å². The van der Waals surface area contributed by atoms with Crippen molar-refractivity contribution in [2.45, 2.75) is 261 Å². The third kappa shape index (κ3) is 81.7. The largest absolute Gasteiger partial charge is 4.00 e. The summed E-state index contributed by atoms with van der Waals surface area (Å²) in [7, 11) is 0. The second-order valence-electron chi connectivity index (χ2n) is 15.2. The normalized spacial score (nSPS) is 10.4. The maximum Gasteiger partial charge on any atom is 4.00 e. The quantitative estimate of drug-likeness (QED) is 0.0439. The van der Waals surface area contributed by atoms with E-state index < -0.39 is 0 Å². The third-order valence-electron chi connectivity index (χ3n) is 9.36. The van der Waals surface area contributed by atoms with Crippen LogP contribution in [0.5, 0.6) is 0 Å². The summed E-state index contributed by atoms with van der Waals surface area (Å²) in [6.07, 6.45) is 43.1. The van der Waals surface area contributed by atoms with Crippen molar-refractivity contribution in [3.63, 3.8) is 0 Å². The van der Waals surface area contributed by atoms with Gasteiger partial charge in [0.25, 0.3) is 0 Å². The van der Waals surface area contributed by atoms with E-state index in [1.807, 2.05) is 0 Å². The van der Waals surface area contributed by atoms with Gasteiger partial charge >= 0.3 is 21.7 Å². The van der Waals surface area contributed by atoms with Gasteiger partial charge in [-0.25, -0.2) is 0 Å². The monoisotopic (exact) mass is 785 g/mol. The molecule has 0 bridgehead atoms. The van der Waals surface area contributed by atoms with E-state index in [0.29, 0.717) is 0 Å². The van der Waals surface area contributed by atoms with E-state index in [2.05, 4.69) is 76.7 Å². The zero-order chi connectivity index (χ0) is 39.1. The number of hydrogen-bond donors (Lipinski definition) is 0. The van der Waals surface area contributed by atoms with E-state index in [1.54, 1.807) is 0 Å². The second kappa shape index (κ2) is 70.4. The Balaban J connectivity index is -0.000000192. The fourth-order valence-corrected chi connectivity index (χ4v) is 5.65. The topological polar surface area (TPSA) is 56.4 Å². The van der Waals surface area contributed by atoms with E-state index in [0.717, 1.165) is 52.4 Å². The molecule has 0 aromatic rings. The molecule has 0 aromatic carbocycles. The molecule has 0 saturated heterocycles. The molecule has 5 heteroatoms. The molecule has 0 fully saturated rings. The fraction of sp³-hybridized carbons (Fsp3) is 1.00. The first-order valence-electron chi connectivity index (χ1n) is 24.2. The molecular weight excluding hydrogens is 680 g/mol. The van der Waals surface area contributed by atoms with Crippen LogP contribution in [0.1, 0.15) is 261 Å². The van der Waals surface area contributed by atoms with Crippen LogP contribution in [0.2, 0.25) is 0 Å². The molecule has 0 aliphatic carbocycles. The Kier molecular flexibility index (Phi) is 83.3. The summed E-state index contributed by atoms with van der Waals surface area (Å²) >= 11 is 0. The van der Waals surface area contributed by atoms with E-state index >= 15 is 0 Å². The Bertz CT molecular complexity index is 380. The van der Waals surface area contributed by atoms with Crippen molar-refractivity contribution in [3.8, 4) is 0 Å². The Morgan fingerprint density at radius 3 is 0.377 bits per heavy atom. The smallest absolute Gasteiger partial charge is 0.662 e. The fourth-order valence-electron chi connectivity index (χ4n) is 5.65. The van der Waals surface area contributed by atoms with Gasteiger partial charge in [0.1, 0.15) is 0 Å². The number of rotatable bonds is 40. The maximum atomic E-state index is 4.51. The average Bonchev–Trinajstić information content (AvgIpc) is 3.16. The second-order valence-corrected chi connectivity index (χ2v) is 15.2. The van der Waals surface area contributed by atoms with E-state index in [9.17, 15) is 0 Å². The van der Waals surface area contributed by atoms with Crippen LogP contribution in [0.4, 0.5) is 0 Å². The summed E-state index contributed by atoms with van der Waals surface area (Å²) in [5.41, 5.74) is 0. The predicted octanol–water partition coefficient (Wildman–Crippen LogP) is 18.1. The third-order valence-corrected chi connectivity index (χ3v) is 9.36. The Hall–Kier alpha value is 0.554. The Morgan fingerprint density at radius 1 is 0.170 bits per heavy atom. The summed E-state index contributed by atoms with van der Waals surface area (Å²) in [5, 5.41) is 18.1. The molecule has 0 N–H and O–H groups in total. The van der Waals surface area contributed by atoms with Crippen LogP contribution in [0, 0.1) is 0 Å². The minimum atomic E-state index is 0. The van der Waals surface area contributed by atoms with Gasteiger partial charge in [-0.3, -0.25) is 0 Å². The van der Waals surface area contributed by atoms with Crippen LogP contribution in [-0.2, 0) is 21.7 Å². The molecule has 0 saturated carbocycles. The van der Waals surface area contributed by atoms with Gasteiger partial charge in [0, 0.05) is 0 Å². The van der Waals surface area contributed by atoms with Crippen molar-refractivity contribution in [1.29, 1.82) is 0 Å². The van der Waals surface area contributed by atoms with Crippen LogP contribution in [-0.4, -0.2) is 52.4 Å². The van der Waals surface area contributed by atoms with E-state index in [-0.39, 0.29) is 21.7 Å². The maximum absolute atomic E-state index is 4.51. The van der Waals surface area contributed by atoms with E-state index in [4.69, 9.17) is 0 Å². The van der Waals surface area contributed by atoms with Crippen molar-refractivity contribution in [1.82, 2.24) is 0 Å². The summed E-state index contributed by atoms with van der Waals surface area (Å²) in [6, 6.07) is 0. The predicted molar refractivity (Wildman–Crippen MR) is 246 cm³/mol. The van der Waals surface area contributed by atoms with Crippen LogP contribution in [0.3, 0.4) is 0 Å². The number of unbranched alkanes of at least 4 members (excludes halogenated alkanes) is 24. The van der Waals surface area contributed by atoms with Gasteiger partial charge in [-0.2, -0.15) is 0 Å². The minimum absolute atomic E-state index is 0. The first-order valence-corrected chi connectivity index (χ1v) is 24.2. The molecule has 0 unspecified atom stereocenters. The van der Waals surface area contributed by atoms with Crippen LogP contribution >= 0.6 is 0 Å². The molecule has 53 heavy (non-hydrogen) atoms. The van der Waals surface area contributed by atoms with Crippen LogP contribution < -0.4 is 0 Å². The van der Waals surface area contributed by atoms with Gasteiger partial charge in [0.2, 0.25) is 0 Å². The molecule has 0 radical (unpaired) electrons. The molecule has 0 aliphatic heterocycles. The molecule has 4 nitrogen and oxygen atoms in total. The molecule has 0 amide bonds. The van der Waals surface area contributed by atoms with Gasteiger partial charge in [0.15, 0.2) is 0 Å². The van der Waals surface area contributed by atoms with E-state index in [1.165, 1.54) is 205 Å². The molecule has 0 rings (SSSR count). The van der Waals surface area contributed by atoms with Gasteiger partial charge < -0.3 is 21.3 Å². The van der Waals surface area contributed by atoms with Gasteiger partial charge in [0.05, 0.1) is 0 Å².